The molecule has 0 fully saturated rings. The molecule has 0 aliphatic rings. The Morgan fingerprint density at radius 1 is 0.912 bits per heavy atom. The Labute approximate surface area is 200 Å². The van der Waals surface area contributed by atoms with Gasteiger partial charge in [0.05, 0.1) is 16.1 Å². The molecular formula is C26H23ClF3NO3. The van der Waals surface area contributed by atoms with Crippen LogP contribution in [0.3, 0.4) is 0 Å². The zero-order valence-electron chi connectivity index (χ0n) is 18.7. The minimum Gasteiger partial charge on any atom is -0.444 e. The maximum Gasteiger partial charge on any atom is 0.417 e. The van der Waals surface area contributed by atoms with Crippen LogP contribution in [0.25, 0.3) is 0 Å². The molecule has 0 heterocycles. The van der Waals surface area contributed by atoms with Crippen molar-refractivity contribution in [3.8, 4) is 0 Å². The molecule has 0 aliphatic carbocycles. The van der Waals surface area contributed by atoms with Crippen LogP contribution in [0.4, 0.5) is 18.9 Å². The first-order chi connectivity index (χ1) is 15.9. The van der Waals surface area contributed by atoms with E-state index in [0.29, 0.717) is 5.56 Å². The van der Waals surface area contributed by atoms with Crippen LogP contribution in [-0.2, 0) is 21.1 Å². The van der Waals surface area contributed by atoms with E-state index in [1.165, 1.54) is 6.07 Å². The molecule has 1 unspecified atom stereocenters. The monoisotopic (exact) mass is 489 g/mol. The lowest BCUT2D eigenvalue weighted by molar-refractivity contribution is -0.137. The van der Waals surface area contributed by atoms with Crippen LogP contribution in [0.15, 0.2) is 72.8 Å². The van der Waals surface area contributed by atoms with Crippen LogP contribution >= 0.6 is 11.6 Å². The first-order valence-corrected chi connectivity index (χ1v) is 10.8. The van der Waals surface area contributed by atoms with Crippen molar-refractivity contribution < 1.29 is 27.5 Å². The van der Waals surface area contributed by atoms with E-state index in [1.807, 2.05) is 20.8 Å². The molecular weight excluding hydrogens is 467 g/mol. The molecule has 1 N–H and O–H groups in total. The molecule has 0 bridgehead atoms. The maximum atomic E-state index is 13.2. The topological polar surface area (TPSA) is 55.4 Å². The van der Waals surface area contributed by atoms with Crippen LogP contribution in [0.2, 0.25) is 5.02 Å². The molecule has 3 aromatic carbocycles. The van der Waals surface area contributed by atoms with Crippen LogP contribution in [0.1, 0.15) is 53.9 Å². The first-order valence-electron chi connectivity index (χ1n) is 10.4. The van der Waals surface area contributed by atoms with Gasteiger partial charge < -0.3 is 10.1 Å². The third-order valence-corrected chi connectivity index (χ3v) is 5.42. The van der Waals surface area contributed by atoms with Crippen LogP contribution in [0.5, 0.6) is 0 Å². The molecule has 3 aromatic rings. The van der Waals surface area contributed by atoms with Crippen molar-refractivity contribution in [2.45, 2.75) is 38.5 Å². The summed E-state index contributed by atoms with van der Waals surface area (Å²) in [4.78, 5) is 25.8. The molecule has 1 amide bonds. The van der Waals surface area contributed by atoms with Crippen molar-refractivity contribution in [3.05, 3.63) is 100 Å². The van der Waals surface area contributed by atoms with Gasteiger partial charge in [0.1, 0.15) is 0 Å². The summed E-state index contributed by atoms with van der Waals surface area (Å²) < 4.78 is 45.1. The molecule has 0 saturated carbocycles. The zero-order valence-corrected chi connectivity index (χ0v) is 19.5. The van der Waals surface area contributed by atoms with Crippen molar-refractivity contribution >= 4 is 29.2 Å². The third-order valence-electron chi connectivity index (χ3n) is 5.09. The fraction of sp³-hybridized carbons (Fsp3) is 0.231. The van der Waals surface area contributed by atoms with Gasteiger partial charge in [-0.3, -0.25) is 4.79 Å². The van der Waals surface area contributed by atoms with E-state index in [4.69, 9.17) is 16.3 Å². The third kappa shape index (κ3) is 6.17. The van der Waals surface area contributed by atoms with E-state index in [9.17, 15) is 22.8 Å². The van der Waals surface area contributed by atoms with Crippen molar-refractivity contribution in [2.24, 2.45) is 0 Å². The average Bonchev–Trinajstić information content (AvgIpc) is 2.78. The molecule has 4 nitrogen and oxygen atoms in total. The van der Waals surface area contributed by atoms with Gasteiger partial charge in [0, 0.05) is 11.3 Å². The molecule has 0 aromatic heterocycles. The Kier molecular flexibility index (Phi) is 7.36. The summed E-state index contributed by atoms with van der Waals surface area (Å²) in [7, 11) is 0. The Morgan fingerprint density at radius 2 is 1.53 bits per heavy atom. The summed E-state index contributed by atoms with van der Waals surface area (Å²) in [5.41, 5.74) is 0.303. The molecule has 34 heavy (non-hydrogen) atoms. The van der Waals surface area contributed by atoms with E-state index in [-0.39, 0.29) is 16.7 Å². The van der Waals surface area contributed by atoms with Gasteiger partial charge in [0.2, 0.25) is 6.10 Å². The quantitative estimate of drug-likeness (QED) is 0.386. The number of amides is 1. The Balaban J connectivity index is 1.86. The van der Waals surface area contributed by atoms with E-state index in [2.05, 4.69) is 5.32 Å². The molecule has 0 radical (unpaired) electrons. The van der Waals surface area contributed by atoms with E-state index in [1.54, 1.807) is 54.6 Å². The highest BCUT2D eigenvalue weighted by Crippen LogP contribution is 2.36. The largest absolute Gasteiger partial charge is 0.444 e. The lowest BCUT2D eigenvalue weighted by atomic mass is 9.87. The van der Waals surface area contributed by atoms with Crippen LogP contribution < -0.4 is 5.32 Å². The Hall–Kier alpha value is -3.32. The predicted octanol–water partition coefficient (Wildman–Crippen LogP) is 7.19. The lowest BCUT2D eigenvalue weighted by Gasteiger charge is -2.20. The summed E-state index contributed by atoms with van der Waals surface area (Å²) in [6.45, 7) is 6.12. The molecule has 0 spiro atoms. The van der Waals surface area contributed by atoms with Crippen molar-refractivity contribution in [3.63, 3.8) is 0 Å². The number of hydrogen-bond donors (Lipinski definition) is 1. The number of carbonyl (C=O) groups is 2. The van der Waals surface area contributed by atoms with Gasteiger partial charge in [-0.2, -0.15) is 13.2 Å². The molecule has 0 aliphatic heterocycles. The van der Waals surface area contributed by atoms with Crippen LogP contribution in [0, 0.1) is 0 Å². The SMILES string of the molecule is CC(C)(C)c1ccc(C(=O)OC(C(=O)Nc2ccc(Cl)c(C(F)(F)F)c2)c2ccccc2)cc1. The van der Waals surface area contributed by atoms with E-state index in [0.717, 1.165) is 17.7 Å². The minimum absolute atomic E-state index is 0.108. The predicted molar refractivity (Wildman–Crippen MR) is 125 cm³/mol. The van der Waals surface area contributed by atoms with Gasteiger partial charge >= 0.3 is 12.1 Å². The molecule has 1 atom stereocenters. The van der Waals surface area contributed by atoms with E-state index >= 15 is 0 Å². The number of nitrogens with one attached hydrogen (secondary N) is 1. The molecule has 3 rings (SSSR count). The maximum absolute atomic E-state index is 13.2. The van der Waals surface area contributed by atoms with Crippen molar-refractivity contribution in [2.75, 3.05) is 5.32 Å². The zero-order chi connectivity index (χ0) is 25.1. The number of anilines is 1. The minimum atomic E-state index is -4.69. The number of rotatable bonds is 5. The number of ether oxygens (including phenoxy) is 1. The summed E-state index contributed by atoms with van der Waals surface area (Å²) in [6, 6.07) is 18.1. The van der Waals surface area contributed by atoms with Crippen molar-refractivity contribution in [1.82, 2.24) is 0 Å². The number of halogens is 4. The molecule has 0 saturated heterocycles. The second-order valence-electron chi connectivity index (χ2n) is 8.71. The number of hydrogen-bond acceptors (Lipinski definition) is 3. The van der Waals surface area contributed by atoms with Gasteiger partial charge in [-0.1, -0.05) is 74.8 Å². The number of benzene rings is 3. The van der Waals surface area contributed by atoms with E-state index < -0.39 is 34.7 Å². The highest BCUT2D eigenvalue weighted by molar-refractivity contribution is 6.31. The number of esters is 1. The van der Waals surface area contributed by atoms with Gasteiger partial charge in [0.15, 0.2) is 0 Å². The summed E-state index contributed by atoms with van der Waals surface area (Å²) in [5.74, 6) is -1.54. The number of alkyl halides is 3. The van der Waals surface area contributed by atoms with Gasteiger partial charge in [-0.25, -0.2) is 4.79 Å². The summed E-state index contributed by atoms with van der Waals surface area (Å²) in [5, 5.41) is 1.90. The lowest BCUT2D eigenvalue weighted by Crippen LogP contribution is -2.26. The Morgan fingerprint density at radius 3 is 2.09 bits per heavy atom. The average molecular weight is 490 g/mol. The molecule has 8 heteroatoms. The van der Waals surface area contributed by atoms with Gasteiger partial charge in [-0.05, 0) is 41.3 Å². The van der Waals surface area contributed by atoms with Gasteiger partial charge in [-0.15, -0.1) is 0 Å². The normalized spacial score (nSPS) is 12.7. The smallest absolute Gasteiger partial charge is 0.417 e. The highest BCUT2D eigenvalue weighted by Gasteiger charge is 2.34. The fourth-order valence-corrected chi connectivity index (χ4v) is 3.43. The second-order valence-corrected chi connectivity index (χ2v) is 9.11. The fourth-order valence-electron chi connectivity index (χ4n) is 3.21. The summed E-state index contributed by atoms with van der Waals surface area (Å²) >= 11 is 5.65. The van der Waals surface area contributed by atoms with Crippen molar-refractivity contribution in [1.29, 1.82) is 0 Å². The first kappa shape index (κ1) is 25.3. The second kappa shape index (κ2) is 9.89. The standard InChI is InChI=1S/C26H23ClF3NO3/c1-25(2,3)18-11-9-17(10-12-18)24(33)34-22(16-7-5-4-6-8-16)23(32)31-19-13-14-21(27)20(15-19)26(28,29)30/h4-15,22H,1-3H3,(H,31,32). The highest BCUT2D eigenvalue weighted by atomic mass is 35.5. The summed E-state index contributed by atoms with van der Waals surface area (Å²) in [6.07, 6.45) is -6.08. The van der Waals surface area contributed by atoms with Crippen LogP contribution in [-0.4, -0.2) is 11.9 Å². The van der Waals surface area contributed by atoms with Gasteiger partial charge in [0.25, 0.3) is 5.91 Å². The Bertz CT molecular complexity index is 1170. The molecule has 178 valence electrons. The number of carbonyl (C=O) groups excluding carboxylic acids is 2.